The normalized spacial score (nSPS) is 33.3. The van der Waals surface area contributed by atoms with Crippen LogP contribution in [0.25, 0.3) is 0 Å². The van der Waals surface area contributed by atoms with Crippen molar-refractivity contribution in [3.8, 4) is 0 Å². The third-order valence-electron chi connectivity index (χ3n) is 4.84. The first kappa shape index (κ1) is 13.1. The Bertz CT molecular complexity index is 426. The lowest BCUT2D eigenvalue weighted by molar-refractivity contribution is 0.0509. The molecule has 1 aliphatic heterocycles. The molecule has 4 nitrogen and oxygen atoms in total. The van der Waals surface area contributed by atoms with Crippen LogP contribution in [-0.2, 0) is 6.42 Å². The average Bonchev–Trinajstić information content (AvgIpc) is 3.00. The van der Waals surface area contributed by atoms with Gasteiger partial charge in [-0.2, -0.15) is 5.10 Å². The summed E-state index contributed by atoms with van der Waals surface area (Å²) in [6.07, 6.45) is 8.78. The topological polar surface area (TPSA) is 41.3 Å². The van der Waals surface area contributed by atoms with Gasteiger partial charge in [0.05, 0.1) is 17.3 Å². The Labute approximate surface area is 115 Å². The van der Waals surface area contributed by atoms with E-state index in [0.717, 1.165) is 18.7 Å². The molecule has 1 saturated heterocycles. The van der Waals surface area contributed by atoms with Gasteiger partial charge in [-0.1, -0.05) is 12.8 Å². The Balaban J connectivity index is 1.67. The van der Waals surface area contributed by atoms with Crippen molar-refractivity contribution in [2.75, 3.05) is 13.6 Å². The van der Waals surface area contributed by atoms with Gasteiger partial charge in [0.25, 0.3) is 0 Å². The zero-order valence-corrected chi connectivity index (χ0v) is 12.0. The molecule has 1 aliphatic carbocycles. The standard InChI is InChI=1S/C15H25N3O/c1-12-9-15(19,11-17(12)2)10-13-7-8-18(16-13)14-5-3-4-6-14/h7-8,12,14,19H,3-6,9-11H2,1-2H3. The SMILES string of the molecule is CC1CC(O)(Cc2ccn(C3CCCC3)n2)CN1C. The van der Waals surface area contributed by atoms with Gasteiger partial charge in [0.1, 0.15) is 0 Å². The minimum atomic E-state index is -0.594. The molecule has 3 rings (SSSR count). The summed E-state index contributed by atoms with van der Waals surface area (Å²) in [4.78, 5) is 2.23. The van der Waals surface area contributed by atoms with E-state index in [9.17, 15) is 5.11 Å². The van der Waals surface area contributed by atoms with Gasteiger partial charge in [-0.15, -0.1) is 0 Å². The van der Waals surface area contributed by atoms with E-state index < -0.39 is 5.60 Å². The molecule has 2 heterocycles. The fourth-order valence-electron chi connectivity index (χ4n) is 3.70. The van der Waals surface area contributed by atoms with Crippen molar-refractivity contribution in [2.24, 2.45) is 0 Å². The van der Waals surface area contributed by atoms with Crippen LogP contribution in [-0.4, -0.2) is 45.0 Å². The van der Waals surface area contributed by atoms with Crippen LogP contribution < -0.4 is 0 Å². The first-order valence-electron chi connectivity index (χ1n) is 7.52. The first-order valence-corrected chi connectivity index (χ1v) is 7.52. The van der Waals surface area contributed by atoms with Crippen molar-refractivity contribution in [2.45, 2.75) is 63.1 Å². The second kappa shape index (κ2) is 4.91. The van der Waals surface area contributed by atoms with E-state index in [4.69, 9.17) is 0 Å². The van der Waals surface area contributed by atoms with Gasteiger partial charge in [-0.05, 0) is 39.3 Å². The highest BCUT2D eigenvalue weighted by Gasteiger charge is 2.39. The molecule has 106 valence electrons. The van der Waals surface area contributed by atoms with Crippen molar-refractivity contribution in [3.05, 3.63) is 18.0 Å². The van der Waals surface area contributed by atoms with Crippen molar-refractivity contribution in [1.29, 1.82) is 0 Å². The molecule has 19 heavy (non-hydrogen) atoms. The number of hydrogen-bond acceptors (Lipinski definition) is 3. The molecule has 2 aliphatic rings. The van der Waals surface area contributed by atoms with Crippen LogP contribution in [0, 0.1) is 0 Å². The smallest absolute Gasteiger partial charge is 0.0844 e. The fraction of sp³-hybridized carbons (Fsp3) is 0.800. The summed E-state index contributed by atoms with van der Waals surface area (Å²) in [5.74, 6) is 0. The van der Waals surface area contributed by atoms with Crippen molar-refractivity contribution >= 4 is 0 Å². The third-order valence-corrected chi connectivity index (χ3v) is 4.84. The maximum Gasteiger partial charge on any atom is 0.0844 e. The highest BCUT2D eigenvalue weighted by Crippen LogP contribution is 2.31. The molecule has 0 spiro atoms. The van der Waals surface area contributed by atoms with Crippen LogP contribution in [0.15, 0.2) is 12.3 Å². The van der Waals surface area contributed by atoms with E-state index in [0.29, 0.717) is 18.5 Å². The second-order valence-corrected chi connectivity index (χ2v) is 6.59. The van der Waals surface area contributed by atoms with E-state index in [1.807, 2.05) is 0 Å². The number of hydrogen-bond donors (Lipinski definition) is 1. The summed E-state index contributed by atoms with van der Waals surface area (Å²) in [6, 6.07) is 3.13. The Morgan fingerprint density at radius 1 is 1.42 bits per heavy atom. The second-order valence-electron chi connectivity index (χ2n) is 6.59. The summed E-state index contributed by atoms with van der Waals surface area (Å²) >= 11 is 0. The van der Waals surface area contributed by atoms with Crippen LogP contribution in [0.5, 0.6) is 0 Å². The molecule has 2 fully saturated rings. The van der Waals surface area contributed by atoms with Crippen molar-refractivity contribution < 1.29 is 5.11 Å². The number of nitrogens with zero attached hydrogens (tertiary/aromatic N) is 3. The molecule has 2 atom stereocenters. The molecule has 1 aromatic rings. The molecular formula is C15H25N3O. The number of aliphatic hydroxyl groups is 1. The van der Waals surface area contributed by atoms with Crippen LogP contribution >= 0.6 is 0 Å². The maximum atomic E-state index is 10.7. The highest BCUT2D eigenvalue weighted by atomic mass is 16.3. The quantitative estimate of drug-likeness (QED) is 0.907. The van der Waals surface area contributed by atoms with Crippen molar-refractivity contribution in [1.82, 2.24) is 14.7 Å². The predicted molar refractivity (Wildman–Crippen MR) is 75.1 cm³/mol. The zero-order valence-electron chi connectivity index (χ0n) is 12.0. The highest BCUT2D eigenvalue weighted by molar-refractivity contribution is 5.08. The van der Waals surface area contributed by atoms with Gasteiger partial charge in [0.2, 0.25) is 0 Å². The monoisotopic (exact) mass is 263 g/mol. The molecule has 1 aromatic heterocycles. The van der Waals surface area contributed by atoms with Gasteiger partial charge < -0.3 is 10.0 Å². The number of rotatable bonds is 3. The minimum Gasteiger partial charge on any atom is -0.388 e. The molecule has 2 unspecified atom stereocenters. The summed E-state index contributed by atoms with van der Waals surface area (Å²) in [7, 11) is 2.08. The maximum absolute atomic E-state index is 10.7. The van der Waals surface area contributed by atoms with Crippen LogP contribution in [0.4, 0.5) is 0 Å². The molecule has 0 radical (unpaired) electrons. The first-order chi connectivity index (χ1) is 9.06. The van der Waals surface area contributed by atoms with Gasteiger partial charge in [0, 0.05) is 25.2 Å². The van der Waals surface area contributed by atoms with Gasteiger partial charge in [0.15, 0.2) is 0 Å². The molecule has 0 amide bonds. The number of likely N-dealkylation sites (tertiary alicyclic amines) is 1. The minimum absolute atomic E-state index is 0.460. The number of likely N-dealkylation sites (N-methyl/N-ethyl adjacent to an activating group) is 1. The third kappa shape index (κ3) is 2.70. The lowest BCUT2D eigenvalue weighted by atomic mass is 9.95. The zero-order chi connectivity index (χ0) is 13.5. The van der Waals surface area contributed by atoms with E-state index in [2.05, 4.69) is 40.9 Å². The van der Waals surface area contributed by atoms with E-state index in [-0.39, 0.29) is 0 Å². The Morgan fingerprint density at radius 2 is 2.16 bits per heavy atom. The van der Waals surface area contributed by atoms with Gasteiger partial charge in [-0.3, -0.25) is 4.68 Å². The van der Waals surface area contributed by atoms with Crippen LogP contribution in [0.1, 0.15) is 50.8 Å². The van der Waals surface area contributed by atoms with Gasteiger partial charge >= 0.3 is 0 Å². The average molecular weight is 263 g/mol. The van der Waals surface area contributed by atoms with Crippen LogP contribution in [0.2, 0.25) is 0 Å². The molecular weight excluding hydrogens is 238 g/mol. The largest absolute Gasteiger partial charge is 0.388 e. The molecule has 4 heteroatoms. The van der Waals surface area contributed by atoms with Crippen LogP contribution in [0.3, 0.4) is 0 Å². The van der Waals surface area contributed by atoms with E-state index in [1.165, 1.54) is 25.7 Å². The number of aromatic nitrogens is 2. The number of β-amino-alcohol motifs (C(OH)–C–C–N with tert-alkyl or cyclic N) is 1. The lowest BCUT2D eigenvalue weighted by Crippen LogP contribution is -2.34. The van der Waals surface area contributed by atoms with E-state index >= 15 is 0 Å². The molecule has 1 saturated carbocycles. The summed E-state index contributed by atoms with van der Waals surface area (Å²) in [6.45, 7) is 2.93. The fourth-order valence-corrected chi connectivity index (χ4v) is 3.70. The summed E-state index contributed by atoms with van der Waals surface area (Å²) in [5, 5.41) is 15.4. The van der Waals surface area contributed by atoms with Gasteiger partial charge in [-0.25, -0.2) is 0 Å². The Kier molecular flexibility index (Phi) is 3.39. The summed E-state index contributed by atoms with van der Waals surface area (Å²) < 4.78 is 2.12. The van der Waals surface area contributed by atoms with E-state index in [1.54, 1.807) is 0 Å². The molecule has 0 bridgehead atoms. The predicted octanol–water partition coefficient (Wildman–Crippen LogP) is 2.00. The van der Waals surface area contributed by atoms with Crippen molar-refractivity contribution in [3.63, 3.8) is 0 Å². The Morgan fingerprint density at radius 3 is 2.79 bits per heavy atom. The summed E-state index contributed by atoms with van der Waals surface area (Å²) in [5.41, 5.74) is 0.445. The lowest BCUT2D eigenvalue weighted by Gasteiger charge is -2.21. The molecule has 0 aromatic carbocycles. The Hall–Kier alpha value is -0.870. The molecule has 1 N–H and O–H groups in total.